The topological polar surface area (TPSA) is 63.3 Å². The van der Waals surface area contributed by atoms with Crippen molar-refractivity contribution in [1.29, 1.82) is 0 Å². The molecule has 78 valence electrons. The molecule has 0 bridgehead atoms. The van der Waals surface area contributed by atoms with Crippen molar-refractivity contribution in [2.24, 2.45) is 10.7 Å². The van der Waals surface area contributed by atoms with E-state index in [1.807, 2.05) is 13.8 Å². The van der Waals surface area contributed by atoms with Gasteiger partial charge in [-0.2, -0.15) is 0 Å². The first kappa shape index (κ1) is 11.0. The van der Waals surface area contributed by atoms with Crippen LogP contribution in [0, 0.1) is 13.8 Å². The predicted molar refractivity (Wildman–Crippen MR) is 60.7 cm³/mol. The molecule has 1 aromatic heterocycles. The molecular formula is C9H16N4S. The summed E-state index contributed by atoms with van der Waals surface area (Å²) in [6.45, 7) is 6.07. The van der Waals surface area contributed by atoms with Gasteiger partial charge in [-0.25, -0.2) is 4.98 Å². The summed E-state index contributed by atoms with van der Waals surface area (Å²) in [6.07, 6.45) is 0. The molecule has 1 unspecified atom stereocenters. The van der Waals surface area contributed by atoms with Gasteiger partial charge in [0.15, 0.2) is 5.96 Å². The van der Waals surface area contributed by atoms with Gasteiger partial charge in [-0.15, -0.1) is 11.3 Å². The second-order valence-electron chi connectivity index (χ2n) is 3.16. The van der Waals surface area contributed by atoms with Gasteiger partial charge in [-0.1, -0.05) is 0 Å². The third kappa shape index (κ3) is 2.45. The number of aliphatic imine (C=N–C) groups is 1. The van der Waals surface area contributed by atoms with Gasteiger partial charge in [0.1, 0.15) is 0 Å². The van der Waals surface area contributed by atoms with E-state index >= 15 is 0 Å². The molecule has 1 rings (SSSR count). The fourth-order valence-electron chi connectivity index (χ4n) is 1.30. The lowest BCUT2D eigenvalue weighted by molar-refractivity contribution is 0.717. The van der Waals surface area contributed by atoms with Crippen LogP contribution in [0.25, 0.3) is 0 Å². The molecule has 1 atom stereocenters. The number of nitrogens with zero attached hydrogens (tertiary/aromatic N) is 2. The number of nitrogens with two attached hydrogens (primary N) is 1. The number of thiazole rings is 1. The largest absolute Gasteiger partial charge is 0.370 e. The lowest BCUT2D eigenvalue weighted by atomic mass is 10.2. The Morgan fingerprint density at radius 3 is 2.64 bits per heavy atom. The van der Waals surface area contributed by atoms with E-state index in [0.717, 1.165) is 10.7 Å². The SMILES string of the molecule is CN=C(N)NC(C)c1sc(C)nc1C. The molecule has 0 aliphatic carbocycles. The molecule has 0 radical (unpaired) electrons. The molecule has 0 aliphatic rings. The van der Waals surface area contributed by atoms with Gasteiger partial charge in [0.05, 0.1) is 16.7 Å². The van der Waals surface area contributed by atoms with Crippen molar-refractivity contribution in [1.82, 2.24) is 10.3 Å². The minimum Gasteiger partial charge on any atom is -0.370 e. The molecule has 4 nitrogen and oxygen atoms in total. The monoisotopic (exact) mass is 212 g/mol. The van der Waals surface area contributed by atoms with Gasteiger partial charge in [0, 0.05) is 11.9 Å². The Morgan fingerprint density at radius 1 is 1.57 bits per heavy atom. The summed E-state index contributed by atoms with van der Waals surface area (Å²) in [4.78, 5) is 9.44. The highest BCUT2D eigenvalue weighted by atomic mass is 32.1. The zero-order chi connectivity index (χ0) is 10.7. The summed E-state index contributed by atoms with van der Waals surface area (Å²) in [5, 5.41) is 4.18. The fraction of sp³-hybridized carbons (Fsp3) is 0.556. The van der Waals surface area contributed by atoms with E-state index in [2.05, 4.69) is 22.2 Å². The number of aromatic nitrogens is 1. The first-order valence-electron chi connectivity index (χ1n) is 4.47. The molecule has 0 aromatic carbocycles. The number of hydrogen-bond donors (Lipinski definition) is 2. The van der Waals surface area contributed by atoms with Gasteiger partial charge in [0.2, 0.25) is 0 Å². The number of guanidine groups is 1. The van der Waals surface area contributed by atoms with Crippen LogP contribution >= 0.6 is 11.3 Å². The van der Waals surface area contributed by atoms with Crippen LogP contribution in [0.3, 0.4) is 0 Å². The second-order valence-corrected chi connectivity index (χ2v) is 4.39. The molecular weight excluding hydrogens is 196 g/mol. The van der Waals surface area contributed by atoms with Crippen LogP contribution in [-0.4, -0.2) is 18.0 Å². The second kappa shape index (κ2) is 4.41. The Hall–Kier alpha value is -1.10. The average Bonchev–Trinajstić information content (AvgIpc) is 2.45. The maximum absolute atomic E-state index is 5.59. The highest BCUT2D eigenvalue weighted by molar-refractivity contribution is 7.11. The molecule has 0 spiro atoms. The van der Waals surface area contributed by atoms with Crippen molar-refractivity contribution in [3.8, 4) is 0 Å². The summed E-state index contributed by atoms with van der Waals surface area (Å²) in [7, 11) is 1.67. The molecule has 0 amide bonds. The third-order valence-corrected chi connectivity index (χ3v) is 3.19. The molecule has 1 heterocycles. The van der Waals surface area contributed by atoms with Gasteiger partial charge in [0.25, 0.3) is 0 Å². The van der Waals surface area contributed by atoms with Crippen LogP contribution in [-0.2, 0) is 0 Å². The van der Waals surface area contributed by atoms with Crippen LogP contribution < -0.4 is 11.1 Å². The van der Waals surface area contributed by atoms with E-state index in [-0.39, 0.29) is 6.04 Å². The maximum atomic E-state index is 5.59. The minimum absolute atomic E-state index is 0.171. The van der Waals surface area contributed by atoms with Crippen molar-refractivity contribution < 1.29 is 0 Å². The highest BCUT2D eigenvalue weighted by Gasteiger charge is 2.12. The van der Waals surface area contributed by atoms with E-state index < -0.39 is 0 Å². The standard InChI is InChI=1S/C9H16N4S/c1-5-8(14-7(3)12-5)6(2)13-9(10)11-4/h6H,1-4H3,(H3,10,11,13). The number of nitrogens with one attached hydrogen (secondary N) is 1. The molecule has 14 heavy (non-hydrogen) atoms. The third-order valence-electron chi connectivity index (χ3n) is 1.94. The Balaban J connectivity index is 2.79. The van der Waals surface area contributed by atoms with Crippen molar-refractivity contribution in [2.75, 3.05) is 7.05 Å². The van der Waals surface area contributed by atoms with Gasteiger partial charge in [-0.3, -0.25) is 4.99 Å². The lowest BCUT2D eigenvalue weighted by Gasteiger charge is -2.12. The van der Waals surface area contributed by atoms with Gasteiger partial charge < -0.3 is 11.1 Å². The van der Waals surface area contributed by atoms with Crippen molar-refractivity contribution >= 4 is 17.3 Å². The van der Waals surface area contributed by atoms with E-state index in [0.29, 0.717) is 5.96 Å². The van der Waals surface area contributed by atoms with E-state index in [4.69, 9.17) is 5.73 Å². The number of aryl methyl sites for hydroxylation is 2. The molecule has 3 N–H and O–H groups in total. The Labute approximate surface area is 88.3 Å². The lowest BCUT2D eigenvalue weighted by Crippen LogP contribution is -2.33. The predicted octanol–water partition coefficient (Wildman–Crippen LogP) is 1.36. The van der Waals surface area contributed by atoms with E-state index in [1.165, 1.54) is 4.88 Å². The molecule has 0 saturated heterocycles. The Morgan fingerprint density at radius 2 is 2.21 bits per heavy atom. The van der Waals surface area contributed by atoms with Crippen LogP contribution in [0.2, 0.25) is 0 Å². The van der Waals surface area contributed by atoms with Gasteiger partial charge >= 0.3 is 0 Å². The quantitative estimate of drug-likeness (QED) is 0.574. The zero-order valence-electron chi connectivity index (χ0n) is 8.96. The molecule has 0 fully saturated rings. The first-order chi connectivity index (χ1) is 6.54. The fourth-order valence-corrected chi connectivity index (χ4v) is 2.23. The smallest absolute Gasteiger partial charge is 0.188 e. The Bertz CT molecular complexity index is 343. The summed E-state index contributed by atoms with van der Waals surface area (Å²) in [6, 6.07) is 0.171. The normalized spacial score (nSPS) is 14.1. The van der Waals surface area contributed by atoms with E-state index in [1.54, 1.807) is 18.4 Å². The average molecular weight is 212 g/mol. The summed E-state index contributed by atoms with van der Waals surface area (Å²) < 4.78 is 0. The maximum Gasteiger partial charge on any atom is 0.188 e. The van der Waals surface area contributed by atoms with Crippen molar-refractivity contribution in [3.63, 3.8) is 0 Å². The summed E-state index contributed by atoms with van der Waals surface area (Å²) in [5.74, 6) is 0.461. The number of hydrogen-bond acceptors (Lipinski definition) is 3. The van der Waals surface area contributed by atoms with E-state index in [9.17, 15) is 0 Å². The van der Waals surface area contributed by atoms with Crippen LogP contribution in [0.1, 0.15) is 28.5 Å². The minimum atomic E-state index is 0.171. The van der Waals surface area contributed by atoms with Crippen LogP contribution in [0.4, 0.5) is 0 Å². The molecule has 0 aliphatic heterocycles. The number of rotatable bonds is 2. The summed E-state index contributed by atoms with van der Waals surface area (Å²) in [5.41, 5.74) is 6.66. The van der Waals surface area contributed by atoms with Gasteiger partial charge in [-0.05, 0) is 20.8 Å². The van der Waals surface area contributed by atoms with Crippen LogP contribution in [0.15, 0.2) is 4.99 Å². The Kier molecular flexibility index (Phi) is 3.46. The molecule has 5 heteroatoms. The zero-order valence-corrected chi connectivity index (χ0v) is 9.77. The van der Waals surface area contributed by atoms with Crippen LogP contribution in [0.5, 0.6) is 0 Å². The van der Waals surface area contributed by atoms with Crippen molar-refractivity contribution in [3.05, 3.63) is 15.6 Å². The summed E-state index contributed by atoms with van der Waals surface area (Å²) >= 11 is 1.69. The molecule has 1 aromatic rings. The molecule has 0 saturated carbocycles. The first-order valence-corrected chi connectivity index (χ1v) is 5.29. The highest BCUT2D eigenvalue weighted by Crippen LogP contribution is 2.23. The van der Waals surface area contributed by atoms with Crippen molar-refractivity contribution in [2.45, 2.75) is 26.8 Å².